The van der Waals surface area contributed by atoms with Gasteiger partial charge in [-0.25, -0.2) is 4.79 Å². The van der Waals surface area contributed by atoms with E-state index < -0.39 is 12.3 Å². The SMILES string of the molecule is CC[C@@H](c1ccccc1C(=O)O)[C@@H]1C[C@@H](C)C(OC(C)=O)O1. The largest absolute Gasteiger partial charge is 0.478 e. The molecule has 1 aliphatic rings. The van der Waals surface area contributed by atoms with Crippen LogP contribution in [0.25, 0.3) is 0 Å². The lowest BCUT2D eigenvalue weighted by molar-refractivity contribution is -0.179. The molecule has 1 heterocycles. The van der Waals surface area contributed by atoms with Gasteiger partial charge in [-0.2, -0.15) is 0 Å². The third kappa shape index (κ3) is 3.47. The maximum atomic E-state index is 11.4. The lowest BCUT2D eigenvalue weighted by atomic mass is 9.85. The average molecular weight is 306 g/mol. The van der Waals surface area contributed by atoms with Gasteiger partial charge in [0.2, 0.25) is 6.29 Å². The van der Waals surface area contributed by atoms with Crippen molar-refractivity contribution in [2.45, 2.75) is 51.9 Å². The molecule has 0 saturated carbocycles. The fourth-order valence-corrected chi connectivity index (χ4v) is 3.10. The molecular weight excluding hydrogens is 284 g/mol. The zero-order chi connectivity index (χ0) is 16.3. The van der Waals surface area contributed by atoms with E-state index in [0.29, 0.717) is 5.56 Å². The molecule has 0 amide bonds. The standard InChI is InChI=1S/C17H22O5/c1-4-12(13-7-5-6-8-14(13)16(19)20)15-9-10(2)17(22-15)21-11(3)18/h5-8,10,12,15,17H,4,9H2,1-3H3,(H,19,20)/t10-,12+,15+,17?/m1/s1. The van der Waals surface area contributed by atoms with E-state index in [1.807, 2.05) is 26.0 Å². The van der Waals surface area contributed by atoms with E-state index in [1.165, 1.54) is 6.92 Å². The Hall–Kier alpha value is -1.88. The Bertz CT molecular complexity index is 554. The molecule has 2 rings (SSSR count). The van der Waals surface area contributed by atoms with Crippen molar-refractivity contribution < 1.29 is 24.2 Å². The normalized spacial score (nSPS) is 25.7. The summed E-state index contributed by atoms with van der Waals surface area (Å²) in [4.78, 5) is 22.5. The summed E-state index contributed by atoms with van der Waals surface area (Å²) in [5.41, 5.74) is 1.08. The van der Waals surface area contributed by atoms with Crippen molar-refractivity contribution in [1.29, 1.82) is 0 Å². The summed E-state index contributed by atoms with van der Waals surface area (Å²) in [5.74, 6) is -1.23. The number of carbonyl (C=O) groups is 2. The monoisotopic (exact) mass is 306 g/mol. The van der Waals surface area contributed by atoms with Gasteiger partial charge in [0.1, 0.15) is 0 Å². The summed E-state index contributed by atoms with van der Waals surface area (Å²) in [6.45, 7) is 5.35. The third-order valence-corrected chi connectivity index (χ3v) is 4.14. The Morgan fingerprint density at radius 1 is 1.41 bits per heavy atom. The van der Waals surface area contributed by atoms with Crippen LogP contribution < -0.4 is 0 Å². The van der Waals surface area contributed by atoms with Crippen LogP contribution in [-0.2, 0) is 14.3 Å². The molecule has 0 aromatic heterocycles. The second-order valence-corrected chi connectivity index (χ2v) is 5.77. The molecule has 0 bridgehead atoms. The molecule has 0 aliphatic carbocycles. The molecule has 1 aromatic carbocycles. The topological polar surface area (TPSA) is 72.8 Å². The number of hydrogen-bond acceptors (Lipinski definition) is 4. The summed E-state index contributed by atoms with van der Waals surface area (Å²) in [6.07, 6.45) is 0.803. The minimum Gasteiger partial charge on any atom is -0.478 e. The Balaban J connectivity index is 2.23. The highest BCUT2D eigenvalue weighted by molar-refractivity contribution is 5.89. The van der Waals surface area contributed by atoms with Crippen molar-refractivity contribution in [2.75, 3.05) is 0 Å². The first-order valence-corrected chi connectivity index (χ1v) is 7.58. The smallest absolute Gasteiger partial charge is 0.335 e. The molecule has 4 atom stereocenters. The molecule has 1 saturated heterocycles. The van der Waals surface area contributed by atoms with Gasteiger partial charge in [-0.05, 0) is 24.5 Å². The highest BCUT2D eigenvalue weighted by Gasteiger charge is 2.39. The van der Waals surface area contributed by atoms with Crippen molar-refractivity contribution in [3.05, 3.63) is 35.4 Å². The number of benzene rings is 1. The van der Waals surface area contributed by atoms with Gasteiger partial charge >= 0.3 is 11.9 Å². The molecule has 1 unspecified atom stereocenters. The number of rotatable bonds is 5. The predicted molar refractivity (Wildman–Crippen MR) is 80.6 cm³/mol. The van der Waals surface area contributed by atoms with Gasteiger partial charge in [0.05, 0.1) is 11.7 Å². The number of aromatic carboxylic acids is 1. The highest BCUT2D eigenvalue weighted by atomic mass is 16.7. The molecule has 1 aliphatic heterocycles. The third-order valence-electron chi connectivity index (χ3n) is 4.14. The molecule has 5 heteroatoms. The molecule has 1 fully saturated rings. The molecule has 1 aromatic rings. The van der Waals surface area contributed by atoms with Crippen LogP contribution in [0.15, 0.2) is 24.3 Å². The second-order valence-electron chi connectivity index (χ2n) is 5.77. The van der Waals surface area contributed by atoms with Crippen molar-refractivity contribution in [1.82, 2.24) is 0 Å². The van der Waals surface area contributed by atoms with Crippen molar-refractivity contribution in [2.24, 2.45) is 5.92 Å². The first-order chi connectivity index (χ1) is 10.4. The predicted octanol–water partition coefficient (Wildman–Crippen LogP) is 3.19. The molecule has 5 nitrogen and oxygen atoms in total. The van der Waals surface area contributed by atoms with Crippen LogP contribution in [-0.4, -0.2) is 29.4 Å². The van der Waals surface area contributed by atoms with Crippen molar-refractivity contribution in [3.8, 4) is 0 Å². The molecule has 1 N–H and O–H groups in total. The Morgan fingerprint density at radius 2 is 2.09 bits per heavy atom. The van der Waals surface area contributed by atoms with Gasteiger partial charge in [-0.3, -0.25) is 4.79 Å². The molecule has 0 spiro atoms. The van der Waals surface area contributed by atoms with E-state index in [9.17, 15) is 14.7 Å². The molecule has 22 heavy (non-hydrogen) atoms. The van der Waals surface area contributed by atoms with Gasteiger partial charge in [-0.15, -0.1) is 0 Å². The number of ether oxygens (including phenoxy) is 2. The minimum absolute atomic E-state index is 0.0321. The number of carboxylic acids is 1. The van der Waals surface area contributed by atoms with Crippen LogP contribution in [0.1, 0.15) is 55.5 Å². The van der Waals surface area contributed by atoms with Gasteiger partial charge in [0.15, 0.2) is 0 Å². The Labute approximate surface area is 130 Å². The average Bonchev–Trinajstić information content (AvgIpc) is 2.80. The summed E-state index contributed by atoms with van der Waals surface area (Å²) in [7, 11) is 0. The van der Waals surface area contributed by atoms with Crippen LogP contribution in [0.4, 0.5) is 0 Å². The van der Waals surface area contributed by atoms with E-state index in [0.717, 1.165) is 18.4 Å². The lowest BCUT2D eigenvalue weighted by Crippen LogP contribution is -2.24. The summed E-state index contributed by atoms with van der Waals surface area (Å²) < 4.78 is 11.1. The van der Waals surface area contributed by atoms with Gasteiger partial charge < -0.3 is 14.6 Å². The second kappa shape index (κ2) is 6.92. The van der Waals surface area contributed by atoms with Crippen LogP contribution in [0.3, 0.4) is 0 Å². The van der Waals surface area contributed by atoms with E-state index in [2.05, 4.69) is 0 Å². The fourth-order valence-electron chi connectivity index (χ4n) is 3.10. The van der Waals surface area contributed by atoms with Crippen LogP contribution >= 0.6 is 0 Å². The van der Waals surface area contributed by atoms with Crippen LogP contribution in [0.2, 0.25) is 0 Å². The first kappa shape index (κ1) is 16.5. The van der Waals surface area contributed by atoms with Crippen molar-refractivity contribution >= 4 is 11.9 Å². The summed E-state index contributed by atoms with van der Waals surface area (Å²) in [6, 6.07) is 7.01. The molecule has 0 radical (unpaired) electrons. The first-order valence-electron chi connectivity index (χ1n) is 7.58. The van der Waals surface area contributed by atoms with E-state index in [-0.39, 0.29) is 23.9 Å². The number of carboxylic acid groups (broad SMARTS) is 1. The van der Waals surface area contributed by atoms with E-state index >= 15 is 0 Å². The van der Waals surface area contributed by atoms with Crippen LogP contribution in [0, 0.1) is 5.92 Å². The lowest BCUT2D eigenvalue weighted by Gasteiger charge is -2.24. The zero-order valence-electron chi connectivity index (χ0n) is 13.1. The number of esters is 1. The van der Waals surface area contributed by atoms with Gasteiger partial charge in [0, 0.05) is 18.8 Å². The Kier molecular flexibility index (Phi) is 5.19. The number of hydrogen-bond donors (Lipinski definition) is 1. The summed E-state index contributed by atoms with van der Waals surface area (Å²) >= 11 is 0. The maximum Gasteiger partial charge on any atom is 0.335 e. The van der Waals surface area contributed by atoms with Gasteiger partial charge in [0.25, 0.3) is 0 Å². The zero-order valence-corrected chi connectivity index (χ0v) is 13.1. The molecular formula is C17H22O5. The van der Waals surface area contributed by atoms with Crippen molar-refractivity contribution in [3.63, 3.8) is 0 Å². The summed E-state index contributed by atoms with van der Waals surface area (Å²) in [5, 5.41) is 9.37. The quantitative estimate of drug-likeness (QED) is 0.846. The highest BCUT2D eigenvalue weighted by Crippen LogP contribution is 2.38. The van der Waals surface area contributed by atoms with E-state index in [4.69, 9.17) is 9.47 Å². The van der Waals surface area contributed by atoms with Gasteiger partial charge in [-0.1, -0.05) is 32.0 Å². The molecule has 120 valence electrons. The Morgan fingerprint density at radius 3 is 2.68 bits per heavy atom. The van der Waals surface area contributed by atoms with E-state index in [1.54, 1.807) is 12.1 Å². The van der Waals surface area contributed by atoms with Crippen LogP contribution in [0.5, 0.6) is 0 Å². The maximum absolute atomic E-state index is 11.4. The minimum atomic E-state index is -0.934. The fraction of sp³-hybridized carbons (Fsp3) is 0.529. The number of carbonyl (C=O) groups excluding carboxylic acids is 1.